The molecule has 4 N–H and O–H groups in total. The highest BCUT2D eigenvalue weighted by atomic mass is 32.2. The second-order valence-corrected chi connectivity index (χ2v) is 8.72. The van der Waals surface area contributed by atoms with E-state index in [1.165, 1.54) is 0 Å². The molecule has 23 heavy (non-hydrogen) atoms. The van der Waals surface area contributed by atoms with Crippen LogP contribution in [0.15, 0.2) is 6.20 Å². The molecule has 0 fully saturated rings. The Morgan fingerprint density at radius 3 is 2.43 bits per heavy atom. The van der Waals surface area contributed by atoms with Crippen LogP contribution in [0.5, 0.6) is 0 Å². The molecule has 0 bridgehead atoms. The minimum atomic E-state index is -0.220. The van der Waals surface area contributed by atoms with Crippen LogP contribution in [-0.2, 0) is 17.0 Å². The lowest BCUT2D eigenvalue weighted by Crippen LogP contribution is -2.34. The first-order chi connectivity index (χ1) is 10.6. The largest absolute Gasteiger partial charge is 0.361 e. The quantitative estimate of drug-likeness (QED) is 0.358. The summed E-state index contributed by atoms with van der Waals surface area (Å²) in [6.07, 6.45) is 3.86. The molecule has 1 rings (SSSR count). The van der Waals surface area contributed by atoms with Gasteiger partial charge in [0.25, 0.3) is 0 Å². The fourth-order valence-electron chi connectivity index (χ4n) is 2.69. The summed E-state index contributed by atoms with van der Waals surface area (Å²) < 4.78 is 7.52. The van der Waals surface area contributed by atoms with E-state index in [1.54, 1.807) is 0 Å². The van der Waals surface area contributed by atoms with Gasteiger partial charge in [-0.25, -0.2) is 4.68 Å². The van der Waals surface area contributed by atoms with E-state index in [2.05, 4.69) is 51.9 Å². The van der Waals surface area contributed by atoms with Crippen LogP contribution in [-0.4, -0.2) is 43.1 Å². The SMILES string of the molecule is CC(C)SCn1cc(CC(C)(C)CC(C)(C)OCN)nn1.OO. The van der Waals surface area contributed by atoms with Crippen LogP contribution in [0, 0.1) is 5.41 Å². The average molecular weight is 349 g/mol. The van der Waals surface area contributed by atoms with Crippen molar-refractivity contribution in [3.8, 4) is 0 Å². The molecule has 1 heterocycles. The standard InChI is InChI=1S/C15H30N4OS.H2O2/c1-12(2)21-11-19-8-13(17-18-19)7-14(3,4)9-15(5,6)20-10-16;1-2/h8,12H,7,9-11,16H2,1-6H3;1-2H. The molecule has 0 aliphatic carbocycles. The molecule has 0 aliphatic heterocycles. The van der Waals surface area contributed by atoms with Gasteiger partial charge < -0.3 is 10.5 Å². The summed E-state index contributed by atoms with van der Waals surface area (Å²) in [7, 11) is 0. The summed E-state index contributed by atoms with van der Waals surface area (Å²) in [4.78, 5) is 0. The van der Waals surface area contributed by atoms with E-state index < -0.39 is 0 Å². The zero-order valence-electron chi connectivity index (χ0n) is 15.1. The van der Waals surface area contributed by atoms with Gasteiger partial charge in [-0.15, -0.1) is 16.9 Å². The first-order valence-electron chi connectivity index (χ1n) is 7.68. The van der Waals surface area contributed by atoms with E-state index in [9.17, 15) is 0 Å². The van der Waals surface area contributed by atoms with E-state index in [0.29, 0.717) is 5.25 Å². The maximum Gasteiger partial charge on any atom is 0.0947 e. The van der Waals surface area contributed by atoms with Gasteiger partial charge in [0.2, 0.25) is 0 Å². The average Bonchev–Trinajstić information content (AvgIpc) is 2.83. The summed E-state index contributed by atoms with van der Waals surface area (Å²) in [6, 6.07) is 0. The number of hydrogen-bond donors (Lipinski definition) is 3. The van der Waals surface area contributed by atoms with Gasteiger partial charge in [0.05, 0.1) is 23.9 Å². The Bertz CT molecular complexity index is 436. The van der Waals surface area contributed by atoms with Gasteiger partial charge in [0.1, 0.15) is 0 Å². The zero-order chi connectivity index (χ0) is 18.1. The summed E-state index contributed by atoms with van der Waals surface area (Å²) in [5, 5.41) is 21.1. The first-order valence-corrected chi connectivity index (χ1v) is 8.73. The first kappa shape index (κ1) is 22.3. The number of thioether (sulfide) groups is 1. The number of nitrogens with zero attached hydrogens (tertiary/aromatic N) is 3. The molecule has 0 amide bonds. The predicted octanol–water partition coefficient (Wildman–Crippen LogP) is 3.06. The molecule has 0 saturated heterocycles. The third kappa shape index (κ3) is 9.93. The zero-order valence-corrected chi connectivity index (χ0v) is 15.9. The van der Waals surface area contributed by atoms with Crippen LogP contribution in [0.25, 0.3) is 0 Å². The second kappa shape index (κ2) is 10.2. The highest BCUT2D eigenvalue weighted by molar-refractivity contribution is 7.98. The minimum absolute atomic E-state index is 0.0880. The Labute approximate surface area is 143 Å². The van der Waals surface area contributed by atoms with E-state index in [1.807, 2.05) is 22.6 Å². The molecule has 1 aromatic rings. The number of rotatable bonds is 9. The molecule has 136 valence electrons. The fraction of sp³-hybridized carbons (Fsp3) is 0.867. The van der Waals surface area contributed by atoms with Gasteiger partial charge in [-0.05, 0) is 32.1 Å². The second-order valence-electron chi connectivity index (χ2n) is 7.18. The highest BCUT2D eigenvalue weighted by Gasteiger charge is 2.30. The number of ether oxygens (including phenoxy) is 1. The van der Waals surface area contributed by atoms with Gasteiger partial charge in [-0.1, -0.05) is 32.9 Å². The smallest absolute Gasteiger partial charge is 0.0947 e. The van der Waals surface area contributed by atoms with E-state index >= 15 is 0 Å². The number of nitrogens with two attached hydrogens (primary N) is 1. The van der Waals surface area contributed by atoms with Crippen molar-refractivity contribution >= 4 is 11.8 Å². The molecule has 1 aromatic heterocycles. The molecule has 7 nitrogen and oxygen atoms in total. The van der Waals surface area contributed by atoms with Crippen LogP contribution in [0.1, 0.15) is 53.7 Å². The maximum absolute atomic E-state index is 6.00. The van der Waals surface area contributed by atoms with Crippen molar-refractivity contribution in [2.45, 2.75) is 71.1 Å². The Morgan fingerprint density at radius 2 is 1.91 bits per heavy atom. The van der Waals surface area contributed by atoms with Crippen LogP contribution < -0.4 is 5.73 Å². The number of hydrogen-bond acceptors (Lipinski definition) is 7. The molecule has 0 aliphatic rings. The van der Waals surface area contributed by atoms with Crippen molar-refractivity contribution in [1.29, 1.82) is 0 Å². The Morgan fingerprint density at radius 1 is 1.30 bits per heavy atom. The third-order valence-corrected chi connectivity index (χ3v) is 4.24. The fourth-order valence-corrected chi connectivity index (χ4v) is 3.27. The van der Waals surface area contributed by atoms with E-state index in [4.69, 9.17) is 21.0 Å². The van der Waals surface area contributed by atoms with Crippen molar-refractivity contribution in [1.82, 2.24) is 15.0 Å². The molecular formula is C15H32N4O3S. The molecular weight excluding hydrogens is 316 g/mol. The maximum atomic E-state index is 6.00. The normalized spacial score (nSPS) is 12.3. The minimum Gasteiger partial charge on any atom is -0.361 e. The molecule has 0 spiro atoms. The van der Waals surface area contributed by atoms with Crippen molar-refractivity contribution in [2.75, 3.05) is 6.73 Å². The van der Waals surface area contributed by atoms with Crippen molar-refractivity contribution in [3.05, 3.63) is 11.9 Å². The van der Waals surface area contributed by atoms with Crippen LogP contribution in [0.4, 0.5) is 0 Å². The van der Waals surface area contributed by atoms with Crippen molar-refractivity contribution in [3.63, 3.8) is 0 Å². The topological polar surface area (TPSA) is 106 Å². The Kier molecular flexibility index (Phi) is 9.95. The summed E-state index contributed by atoms with van der Waals surface area (Å²) >= 11 is 1.86. The van der Waals surface area contributed by atoms with E-state index in [-0.39, 0.29) is 17.7 Å². The molecule has 0 radical (unpaired) electrons. The summed E-state index contributed by atoms with van der Waals surface area (Å²) in [6.45, 7) is 13.3. The molecule has 8 heteroatoms. The predicted molar refractivity (Wildman–Crippen MR) is 94.3 cm³/mol. The molecule has 0 unspecified atom stereocenters. The lowest BCUT2D eigenvalue weighted by molar-refractivity contribution is -0.176. The van der Waals surface area contributed by atoms with Crippen LogP contribution in [0.2, 0.25) is 0 Å². The third-order valence-electron chi connectivity index (χ3n) is 3.16. The van der Waals surface area contributed by atoms with Gasteiger partial charge >= 0.3 is 0 Å². The lowest BCUT2D eigenvalue weighted by atomic mass is 9.78. The summed E-state index contributed by atoms with van der Waals surface area (Å²) in [5.74, 6) is 0.854. The van der Waals surface area contributed by atoms with Crippen molar-refractivity contribution in [2.24, 2.45) is 11.1 Å². The van der Waals surface area contributed by atoms with Gasteiger partial charge in [-0.3, -0.25) is 10.5 Å². The van der Waals surface area contributed by atoms with Gasteiger partial charge in [0.15, 0.2) is 0 Å². The summed E-state index contributed by atoms with van der Waals surface area (Å²) in [5.41, 5.74) is 6.40. The Hall–Kier alpha value is -0.670. The van der Waals surface area contributed by atoms with E-state index in [0.717, 1.165) is 24.4 Å². The lowest BCUT2D eigenvalue weighted by Gasteiger charge is -2.34. The van der Waals surface area contributed by atoms with Gasteiger partial charge in [-0.2, -0.15) is 0 Å². The number of aromatic nitrogens is 3. The highest BCUT2D eigenvalue weighted by Crippen LogP contribution is 2.32. The monoisotopic (exact) mass is 348 g/mol. The van der Waals surface area contributed by atoms with Crippen LogP contribution in [0.3, 0.4) is 0 Å². The Balaban J connectivity index is 0.00000232. The molecule has 0 aromatic carbocycles. The van der Waals surface area contributed by atoms with Crippen LogP contribution >= 0.6 is 11.8 Å². The molecule has 0 saturated carbocycles. The van der Waals surface area contributed by atoms with Gasteiger partial charge in [0, 0.05) is 11.4 Å². The van der Waals surface area contributed by atoms with Crippen molar-refractivity contribution < 1.29 is 15.3 Å². The molecule has 0 atom stereocenters.